The molecule has 0 atom stereocenters. The van der Waals surface area contributed by atoms with E-state index < -0.39 is 0 Å². The quantitative estimate of drug-likeness (QED) is 0.738. The lowest BCUT2D eigenvalue weighted by atomic mass is 10.2. The van der Waals surface area contributed by atoms with Gasteiger partial charge in [-0.05, 0) is 12.1 Å². The van der Waals surface area contributed by atoms with E-state index in [0.29, 0.717) is 17.3 Å². The fourth-order valence-electron chi connectivity index (χ4n) is 1.56. The van der Waals surface area contributed by atoms with E-state index in [1.807, 2.05) is 18.2 Å². The molecule has 0 radical (unpaired) electrons. The largest absolute Gasteiger partial charge is 0.286 e. The third-order valence-corrected chi connectivity index (χ3v) is 2.73. The van der Waals surface area contributed by atoms with Crippen LogP contribution in [-0.2, 0) is 0 Å². The number of rotatable bonds is 2. The molecule has 0 unspecified atom stereocenters. The number of halogens is 2. The molecule has 0 saturated carbocycles. The average molecular weight is 242 g/mol. The molecule has 0 saturated heterocycles. The first-order chi connectivity index (χ1) is 7.24. The van der Waals surface area contributed by atoms with Gasteiger partial charge in [0.25, 0.3) is 0 Å². The Morgan fingerprint density at radius 2 is 2.13 bits per heavy atom. The van der Waals surface area contributed by atoms with E-state index in [0.717, 1.165) is 10.9 Å². The van der Waals surface area contributed by atoms with Crippen molar-refractivity contribution < 1.29 is 4.79 Å². The second-order valence-corrected chi connectivity index (χ2v) is 3.98. The number of fused-ring (bicyclic) bond motifs is 1. The minimum absolute atomic E-state index is 0.0342. The summed E-state index contributed by atoms with van der Waals surface area (Å²) in [6, 6.07) is 7.43. The molecule has 1 aromatic carbocycles. The Hall–Kier alpha value is -0.990. The number of carbonyl (C=O) groups excluding carboxylic acids is 1. The van der Waals surface area contributed by atoms with Crippen LogP contribution < -0.4 is 0 Å². The molecule has 0 fully saturated rings. The molecule has 0 aliphatic heterocycles. The Kier molecular flexibility index (Phi) is 2.98. The molecule has 0 amide bonds. The smallest absolute Gasteiger partial charge is 0.232 e. The maximum absolute atomic E-state index is 11.7. The highest BCUT2D eigenvalue weighted by molar-refractivity contribution is 6.35. The van der Waals surface area contributed by atoms with Gasteiger partial charge in [-0.15, -0.1) is 11.6 Å². The van der Waals surface area contributed by atoms with E-state index >= 15 is 0 Å². The van der Waals surface area contributed by atoms with Crippen LogP contribution >= 0.6 is 23.2 Å². The summed E-state index contributed by atoms with van der Waals surface area (Å²) in [5, 5.41) is 1.55. The van der Waals surface area contributed by atoms with Crippen LogP contribution in [0.3, 0.4) is 0 Å². The molecule has 0 bridgehead atoms. The lowest BCUT2D eigenvalue weighted by molar-refractivity contribution is 0.0915. The number of nitrogens with zero attached hydrogens (tertiary/aromatic N) is 1. The summed E-state index contributed by atoms with van der Waals surface area (Å²) in [5.41, 5.74) is 0.759. The molecule has 1 aromatic heterocycles. The van der Waals surface area contributed by atoms with Crippen LogP contribution in [0.1, 0.15) is 11.2 Å². The zero-order chi connectivity index (χ0) is 10.8. The molecule has 0 N–H and O–H groups in total. The molecular formula is C11H9Cl2NO. The predicted molar refractivity (Wildman–Crippen MR) is 62.9 cm³/mol. The number of hydrogen-bond acceptors (Lipinski definition) is 1. The fraction of sp³-hybridized carbons (Fsp3) is 0.182. The van der Waals surface area contributed by atoms with Crippen molar-refractivity contribution in [1.29, 1.82) is 0 Å². The molecular weight excluding hydrogens is 233 g/mol. The Morgan fingerprint density at radius 3 is 2.87 bits per heavy atom. The van der Waals surface area contributed by atoms with E-state index in [4.69, 9.17) is 23.2 Å². The molecule has 4 heteroatoms. The van der Waals surface area contributed by atoms with Crippen LogP contribution in [0.25, 0.3) is 10.9 Å². The van der Waals surface area contributed by atoms with E-state index in [1.165, 1.54) is 0 Å². The minimum Gasteiger partial charge on any atom is -0.286 e. The Labute approximate surface area is 97.4 Å². The molecule has 0 aliphatic carbocycles. The lowest BCUT2D eigenvalue weighted by Crippen LogP contribution is -2.09. The summed E-state index contributed by atoms with van der Waals surface area (Å²) in [6.45, 7) is 0. The summed E-state index contributed by atoms with van der Waals surface area (Å²) in [6.07, 6.45) is 2.04. The normalized spacial score (nSPS) is 10.8. The number of aromatic nitrogens is 1. The number of para-hydroxylation sites is 1. The summed E-state index contributed by atoms with van der Waals surface area (Å²) in [4.78, 5) is 11.7. The van der Waals surface area contributed by atoms with Gasteiger partial charge in [0.2, 0.25) is 5.91 Å². The van der Waals surface area contributed by atoms with Crippen molar-refractivity contribution in [2.75, 3.05) is 5.88 Å². The Balaban J connectivity index is 2.57. The third-order valence-electron chi connectivity index (χ3n) is 2.24. The maximum atomic E-state index is 11.7. The minimum atomic E-state index is -0.0342. The standard InChI is InChI=1S/C11H9Cl2NO/c12-6-4-10(15)14-7-5-8-2-1-3-9(13)11(8)14/h1-3,5,7H,4,6H2. The van der Waals surface area contributed by atoms with Gasteiger partial charge in [-0.2, -0.15) is 0 Å². The highest BCUT2D eigenvalue weighted by Crippen LogP contribution is 2.24. The van der Waals surface area contributed by atoms with Gasteiger partial charge < -0.3 is 0 Å². The van der Waals surface area contributed by atoms with Crippen molar-refractivity contribution >= 4 is 40.0 Å². The molecule has 2 rings (SSSR count). The molecule has 15 heavy (non-hydrogen) atoms. The van der Waals surface area contributed by atoms with Crippen LogP contribution in [0, 0.1) is 0 Å². The second kappa shape index (κ2) is 4.25. The van der Waals surface area contributed by atoms with Crippen LogP contribution in [-0.4, -0.2) is 16.4 Å². The maximum Gasteiger partial charge on any atom is 0.232 e. The van der Waals surface area contributed by atoms with Gasteiger partial charge in [0.15, 0.2) is 0 Å². The number of carbonyl (C=O) groups is 1. The molecule has 0 spiro atoms. The number of hydrogen-bond donors (Lipinski definition) is 0. The molecule has 0 aliphatic rings. The van der Waals surface area contributed by atoms with Gasteiger partial charge in [-0.1, -0.05) is 23.7 Å². The average Bonchev–Trinajstić information content (AvgIpc) is 2.63. The van der Waals surface area contributed by atoms with Gasteiger partial charge in [0.1, 0.15) is 0 Å². The highest BCUT2D eigenvalue weighted by Gasteiger charge is 2.10. The molecule has 2 aromatic rings. The van der Waals surface area contributed by atoms with E-state index in [2.05, 4.69) is 0 Å². The Morgan fingerprint density at radius 1 is 1.33 bits per heavy atom. The van der Waals surface area contributed by atoms with Crippen LogP contribution in [0.2, 0.25) is 5.02 Å². The van der Waals surface area contributed by atoms with Gasteiger partial charge in [-0.25, -0.2) is 0 Å². The van der Waals surface area contributed by atoms with Gasteiger partial charge in [-0.3, -0.25) is 9.36 Å². The van der Waals surface area contributed by atoms with Crippen molar-refractivity contribution in [3.05, 3.63) is 35.5 Å². The third kappa shape index (κ3) is 1.87. The van der Waals surface area contributed by atoms with E-state index in [9.17, 15) is 4.79 Å². The summed E-state index contributed by atoms with van der Waals surface area (Å²) < 4.78 is 1.56. The fourth-order valence-corrected chi connectivity index (χ4v) is 1.99. The predicted octanol–water partition coefficient (Wildman–Crippen LogP) is 3.56. The van der Waals surface area contributed by atoms with Crippen LogP contribution in [0.15, 0.2) is 30.5 Å². The summed E-state index contributed by atoms with van der Waals surface area (Å²) >= 11 is 11.6. The van der Waals surface area contributed by atoms with Crippen molar-refractivity contribution in [1.82, 2.24) is 4.57 Å². The number of benzene rings is 1. The second-order valence-electron chi connectivity index (χ2n) is 3.20. The van der Waals surface area contributed by atoms with Crippen molar-refractivity contribution in [3.8, 4) is 0 Å². The zero-order valence-electron chi connectivity index (χ0n) is 7.91. The van der Waals surface area contributed by atoms with Crippen molar-refractivity contribution in [3.63, 3.8) is 0 Å². The van der Waals surface area contributed by atoms with E-state index in [-0.39, 0.29) is 5.91 Å². The summed E-state index contributed by atoms with van der Waals surface area (Å²) in [7, 11) is 0. The topological polar surface area (TPSA) is 22.0 Å². The molecule has 2 nitrogen and oxygen atoms in total. The first-order valence-electron chi connectivity index (χ1n) is 4.59. The highest BCUT2D eigenvalue weighted by atomic mass is 35.5. The molecule has 1 heterocycles. The zero-order valence-corrected chi connectivity index (χ0v) is 9.42. The summed E-state index contributed by atoms with van der Waals surface area (Å²) in [5.74, 6) is 0.288. The van der Waals surface area contributed by atoms with E-state index in [1.54, 1.807) is 16.8 Å². The van der Waals surface area contributed by atoms with Crippen molar-refractivity contribution in [2.24, 2.45) is 0 Å². The first-order valence-corrected chi connectivity index (χ1v) is 5.50. The Bertz CT molecular complexity index is 504. The number of alkyl halides is 1. The monoisotopic (exact) mass is 241 g/mol. The molecule has 78 valence electrons. The SMILES string of the molecule is O=C(CCCl)n1ccc2cccc(Cl)c21. The lowest BCUT2D eigenvalue weighted by Gasteiger charge is -2.03. The van der Waals surface area contributed by atoms with Crippen molar-refractivity contribution in [2.45, 2.75) is 6.42 Å². The van der Waals surface area contributed by atoms with Gasteiger partial charge in [0, 0.05) is 23.9 Å². The van der Waals surface area contributed by atoms with Gasteiger partial charge >= 0.3 is 0 Å². The first kappa shape index (κ1) is 10.5. The van der Waals surface area contributed by atoms with Crippen LogP contribution in [0.4, 0.5) is 0 Å². The van der Waals surface area contributed by atoms with Crippen LogP contribution in [0.5, 0.6) is 0 Å². The van der Waals surface area contributed by atoms with Gasteiger partial charge in [0.05, 0.1) is 10.5 Å².